The first-order chi connectivity index (χ1) is 16.9. The quantitative estimate of drug-likeness (QED) is 0.400. The van der Waals surface area contributed by atoms with Crippen LogP contribution in [0.3, 0.4) is 0 Å². The zero-order valence-electron chi connectivity index (χ0n) is 20.2. The topological polar surface area (TPSA) is 108 Å². The van der Waals surface area contributed by atoms with Crippen LogP contribution in [0.15, 0.2) is 54.6 Å². The summed E-state index contributed by atoms with van der Waals surface area (Å²) in [6.45, 7) is 2.83. The molecule has 0 spiro atoms. The molecule has 2 N–H and O–H groups in total. The lowest BCUT2D eigenvalue weighted by molar-refractivity contribution is -0.151. The average Bonchev–Trinajstić information content (AvgIpc) is 2.88. The van der Waals surface area contributed by atoms with Gasteiger partial charge in [-0.2, -0.15) is 0 Å². The highest BCUT2D eigenvalue weighted by Crippen LogP contribution is 2.18. The molecule has 3 amide bonds. The molecule has 1 heterocycles. The number of para-hydroxylation sites is 1. The van der Waals surface area contributed by atoms with E-state index < -0.39 is 12.0 Å². The van der Waals surface area contributed by atoms with Gasteiger partial charge >= 0.3 is 5.97 Å². The molecular formula is C26H32N4O5. The van der Waals surface area contributed by atoms with Gasteiger partial charge in [-0.15, -0.1) is 0 Å². The number of hydrogen-bond donors (Lipinski definition) is 2. The van der Waals surface area contributed by atoms with Gasteiger partial charge in [0.25, 0.3) is 5.91 Å². The van der Waals surface area contributed by atoms with E-state index in [2.05, 4.69) is 10.6 Å². The number of hydrogen-bond acceptors (Lipinski definition) is 6. The molecule has 0 bridgehead atoms. The summed E-state index contributed by atoms with van der Waals surface area (Å²) in [5.74, 6) is -1.36. The second-order valence-electron chi connectivity index (χ2n) is 8.31. The number of ether oxygens (including phenoxy) is 1. The van der Waals surface area contributed by atoms with Gasteiger partial charge in [0.05, 0.1) is 19.6 Å². The van der Waals surface area contributed by atoms with Gasteiger partial charge in [0, 0.05) is 37.1 Å². The van der Waals surface area contributed by atoms with E-state index in [1.54, 1.807) is 36.2 Å². The minimum absolute atomic E-state index is 0.0825. The number of rotatable bonds is 10. The third-order valence-corrected chi connectivity index (χ3v) is 5.77. The molecule has 1 fully saturated rings. The molecule has 1 saturated heterocycles. The largest absolute Gasteiger partial charge is 0.466 e. The zero-order valence-corrected chi connectivity index (χ0v) is 20.2. The third kappa shape index (κ3) is 7.05. The molecule has 0 saturated carbocycles. The van der Waals surface area contributed by atoms with Gasteiger partial charge in [-0.25, -0.2) is 0 Å². The number of nitrogens with one attached hydrogen (secondary N) is 2. The minimum Gasteiger partial charge on any atom is -0.466 e. The van der Waals surface area contributed by atoms with Crippen molar-refractivity contribution in [2.24, 2.45) is 0 Å². The second-order valence-corrected chi connectivity index (χ2v) is 8.31. The summed E-state index contributed by atoms with van der Waals surface area (Å²) in [6.07, 6.45) is 1.46. The Labute approximate surface area is 205 Å². The molecule has 1 atom stereocenters. The maximum atomic E-state index is 12.9. The van der Waals surface area contributed by atoms with Crippen molar-refractivity contribution in [1.29, 1.82) is 0 Å². The van der Waals surface area contributed by atoms with Crippen molar-refractivity contribution in [3.05, 3.63) is 60.2 Å². The summed E-state index contributed by atoms with van der Waals surface area (Å²) >= 11 is 0. The van der Waals surface area contributed by atoms with E-state index in [-0.39, 0.29) is 30.7 Å². The molecule has 0 aromatic heterocycles. The first-order valence-corrected chi connectivity index (χ1v) is 11.8. The molecule has 0 radical (unpaired) electrons. The van der Waals surface area contributed by atoms with Gasteiger partial charge in [0.2, 0.25) is 11.8 Å². The monoisotopic (exact) mass is 480 g/mol. The van der Waals surface area contributed by atoms with Crippen LogP contribution >= 0.6 is 0 Å². The number of nitrogens with zero attached hydrogens (tertiary/aromatic N) is 2. The molecule has 186 valence electrons. The number of benzene rings is 2. The Morgan fingerprint density at radius 3 is 2.66 bits per heavy atom. The van der Waals surface area contributed by atoms with Crippen molar-refractivity contribution in [2.45, 2.75) is 32.2 Å². The molecular weight excluding hydrogens is 448 g/mol. The van der Waals surface area contributed by atoms with Crippen molar-refractivity contribution >= 4 is 35.1 Å². The Balaban J connectivity index is 1.61. The fraction of sp³-hybridized carbons (Fsp3) is 0.385. The minimum atomic E-state index is -0.903. The van der Waals surface area contributed by atoms with Gasteiger partial charge in [-0.05, 0) is 36.8 Å². The summed E-state index contributed by atoms with van der Waals surface area (Å²) in [6, 6.07) is 15.3. The van der Waals surface area contributed by atoms with Crippen molar-refractivity contribution in [3.63, 3.8) is 0 Å². The molecule has 1 unspecified atom stereocenters. The highest BCUT2D eigenvalue weighted by molar-refractivity contribution is 6.06. The van der Waals surface area contributed by atoms with Crippen molar-refractivity contribution in [2.75, 3.05) is 43.5 Å². The molecule has 2 aromatic rings. The molecule has 9 heteroatoms. The third-order valence-electron chi connectivity index (χ3n) is 5.77. The lowest BCUT2D eigenvalue weighted by Crippen LogP contribution is -2.58. The number of anilines is 2. The van der Waals surface area contributed by atoms with Crippen LogP contribution in [0.2, 0.25) is 0 Å². The summed E-state index contributed by atoms with van der Waals surface area (Å²) < 4.78 is 5.17. The van der Waals surface area contributed by atoms with Gasteiger partial charge < -0.3 is 25.2 Å². The van der Waals surface area contributed by atoms with Crippen LogP contribution in [0.25, 0.3) is 0 Å². The molecule has 3 rings (SSSR count). The van der Waals surface area contributed by atoms with Crippen LogP contribution in [0.5, 0.6) is 0 Å². The molecule has 1 aliphatic rings. The van der Waals surface area contributed by atoms with Gasteiger partial charge in [-0.1, -0.05) is 37.6 Å². The SMILES string of the molecule is CCCCOC(=O)CC1C(=O)NCCN1C(=O)CNc1cccc(C(=O)N(C)c2ccccc2)c1. The predicted molar refractivity (Wildman–Crippen MR) is 133 cm³/mol. The average molecular weight is 481 g/mol. The number of carbonyl (C=O) groups is 4. The van der Waals surface area contributed by atoms with Crippen molar-refractivity contribution in [1.82, 2.24) is 10.2 Å². The molecule has 1 aliphatic heterocycles. The molecule has 35 heavy (non-hydrogen) atoms. The van der Waals surface area contributed by atoms with Gasteiger partial charge in [0.1, 0.15) is 6.04 Å². The van der Waals surface area contributed by atoms with E-state index in [9.17, 15) is 19.2 Å². The van der Waals surface area contributed by atoms with Crippen molar-refractivity contribution < 1.29 is 23.9 Å². The van der Waals surface area contributed by atoms with Crippen LogP contribution in [-0.4, -0.2) is 67.9 Å². The smallest absolute Gasteiger partial charge is 0.308 e. The van der Waals surface area contributed by atoms with Crippen LogP contribution in [0, 0.1) is 0 Å². The van der Waals surface area contributed by atoms with E-state index in [4.69, 9.17) is 4.74 Å². The van der Waals surface area contributed by atoms with E-state index in [1.165, 1.54) is 4.90 Å². The fourth-order valence-electron chi connectivity index (χ4n) is 3.77. The highest BCUT2D eigenvalue weighted by Gasteiger charge is 2.35. The summed E-state index contributed by atoms with van der Waals surface area (Å²) in [7, 11) is 1.70. The summed E-state index contributed by atoms with van der Waals surface area (Å²) in [5, 5.41) is 5.74. The van der Waals surface area contributed by atoms with Crippen LogP contribution in [0.4, 0.5) is 11.4 Å². The van der Waals surface area contributed by atoms with Crippen LogP contribution < -0.4 is 15.5 Å². The Hall–Kier alpha value is -3.88. The van der Waals surface area contributed by atoms with Gasteiger partial charge in [-0.3, -0.25) is 19.2 Å². The van der Waals surface area contributed by atoms with Crippen molar-refractivity contribution in [3.8, 4) is 0 Å². The van der Waals surface area contributed by atoms with Gasteiger partial charge in [0.15, 0.2) is 0 Å². The number of carbonyl (C=O) groups excluding carboxylic acids is 4. The summed E-state index contributed by atoms with van der Waals surface area (Å²) in [4.78, 5) is 53.3. The Morgan fingerprint density at radius 2 is 1.91 bits per heavy atom. The standard InChI is InChI=1S/C26H32N4O5/c1-3-4-15-35-24(32)17-22-25(33)27-13-14-30(22)23(31)18-28-20-10-8-9-19(16-20)26(34)29(2)21-11-6-5-7-12-21/h5-12,16,22,28H,3-4,13-15,17-18H2,1-2H3,(H,27,33). The number of esters is 1. The van der Waals surface area contributed by atoms with Crippen LogP contribution in [-0.2, 0) is 19.1 Å². The molecule has 9 nitrogen and oxygen atoms in total. The lowest BCUT2D eigenvalue weighted by atomic mass is 10.1. The normalized spacial score (nSPS) is 15.2. The Kier molecular flexibility index (Phi) is 9.23. The van der Waals surface area contributed by atoms with E-state index in [0.29, 0.717) is 30.9 Å². The maximum absolute atomic E-state index is 12.9. The van der Waals surface area contributed by atoms with E-state index >= 15 is 0 Å². The second kappa shape index (κ2) is 12.5. The molecule has 0 aliphatic carbocycles. The maximum Gasteiger partial charge on any atom is 0.308 e. The van der Waals surface area contributed by atoms with E-state index in [0.717, 1.165) is 18.5 Å². The number of amides is 3. The predicted octanol–water partition coefficient (Wildman–Crippen LogP) is 2.44. The Morgan fingerprint density at radius 1 is 1.14 bits per heavy atom. The van der Waals surface area contributed by atoms with Crippen LogP contribution in [0.1, 0.15) is 36.5 Å². The molecule has 2 aromatic carbocycles. The zero-order chi connectivity index (χ0) is 25.2. The fourth-order valence-corrected chi connectivity index (χ4v) is 3.77. The first-order valence-electron chi connectivity index (χ1n) is 11.8. The first kappa shape index (κ1) is 25.7. The number of unbranched alkanes of at least 4 members (excludes halogenated alkanes) is 1. The Bertz CT molecular complexity index is 1040. The summed E-state index contributed by atoms with van der Waals surface area (Å²) in [5.41, 5.74) is 1.84. The lowest BCUT2D eigenvalue weighted by Gasteiger charge is -2.34. The van der Waals surface area contributed by atoms with E-state index in [1.807, 2.05) is 37.3 Å². The number of piperazine rings is 1. The highest BCUT2D eigenvalue weighted by atomic mass is 16.5.